The van der Waals surface area contributed by atoms with Crippen LogP contribution in [-0.2, 0) is 4.79 Å². The van der Waals surface area contributed by atoms with Gasteiger partial charge in [-0.05, 0) is 44.9 Å². The number of carbonyl (C=O) groups excluding carboxylic acids is 1. The van der Waals surface area contributed by atoms with E-state index in [-0.39, 0.29) is 18.6 Å². The first-order valence-corrected chi connectivity index (χ1v) is 17.6. The Kier molecular flexibility index (Phi) is 31.5. The Morgan fingerprint density at radius 2 is 1.16 bits per heavy atom. The van der Waals surface area contributed by atoms with Crippen LogP contribution >= 0.6 is 0 Å². The zero-order chi connectivity index (χ0) is 31.6. The van der Waals surface area contributed by atoms with E-state index in [1.807, 2.05) is 19.1 Å². The first kappa shape index (κ1) is 41.0. The number of unbranched alkanes of at least 4 members (excludes halogenated alkanes) is 13. The zero-order valence-electron chi connectivity index (χ0n) is 27.8. The van der Waals surface area contributed by atoms with E-state index in [0.29, 0.717) is 12.8 Å². The van der Waals surface area contributed by atoms with Crippen LogP contribution in [0.15, 0.2) is 60.8 Å². The fourth-order valence-electron chi connectivity index (χ4n) is 4.82. The molecule has 0 aliphatic heterocycles. The summed E-state index contributed by atoms with van der Waals surface area (Å²) in [4.78, 5) is 12.3. The molecule has 4 N–H and O–H groups in total. The molecule has 0 bridgehead atoms. The maximum atomic E-state index is 12.3. The molecular formula is C38H67NO4. The Bertz CT molecular complexity index is 755. The molecule has 43 heavy (non-hydrogen) atoms. The molecule has 0 aromatic heterocycles. The van der Waals surface area contributed by atoms with Crippen molar-refractivity contribution in [2.75, 3.05) is 6.61 Å². The Labute approximate surface area is 265 Å². The number of nitrogens with one attached hydrogen (secondary N) is 1. The zero-order valence-corrected chi connectivity index (χ0v) is 27.8. The molecule has 0 unspecified atom stereocenters. The van der Waals surface area contributed by atoms with E-state index in [9.17, 15) is 20.1 Å². The van der Waals surface area contributed by atoms with Gasteiger partial charge in [-0.15, -0.1) is 0 Å². The second kappa shape index (κ2) is 33.0. The highest BCUT2D eigenvalue weighted by atomic mass is 16.3. The fraction of sp³-hybridized carbons (Fsp3) is 0.711. The molecule has 5 heteroatoms. The number of hydrogen-bond acceptors (Lipinski definition) is 4. The van der Waals surface area contributed by atoms with Crippen LogP contribution in [0.4, 0.5) is 0 Å². The summed E-state index contributed by atoms with van der Waals surface area (Å²) < 4.78 is 0. The van der Waals surface area contributed by atoms with E-state index in [1.54, 1.807) is 6.08 Å². The van der Waals surface area contributed by atoms with Gasteiger partial charge in [-0.25, -0.2) is 0 Å². The average molecular weight is 602 g/mol. The lowest BCUT2D eigenvalue weighted by Gasteiger charge is -2.22. The van der Waals surface area contributed by atoms with Crippen LogP contribution in [0.3, 0.4) is 0 Å². The van der Waals surface area contributed by atoms with Crippen LogP contribution in [0, 0.1) is 0 Å². The predicted octanol–water partition coefficient (Wildman–Crippen LogP) is 9.20. The average Bonchev–Trinajstić information content (AvgIpc) is 3.01. The van der Waals surface area contributed by atoms with Gasteiger partial charge >= 0.3 is 0 Å². The number of allylic oxidation sites excluding steroid dienone is 9. The summed E-state index contributed by atoms with van der Waals surface area (Å²) in [6.45, 7) is 3.98. The van der Waals surface area contributed by atoms with Gasteiger partial charge in [0, 0.05) is 6.42 Å². The summed E-state index contributed by atoms with van der Waals surface area (Å²) in [5.41, 5.74) is 0. The third-order valence-electron chi connectivity index (χ3n) is 7.70. The molecule has 0 heterocycles. The number of carbonyl (C=O) groups is 1. The Balaban J connectivity index is 3.76. The summed E-state index contributed by atoms with van der Waals surface area (Å²) in [6.07, 6.45) is 42.2. The summed E-state index contributed by atoms with van der Waals surface area (Å²) in [5.74, 6) is -0.104. The third kappa shape index (κ3) is 29.9. The third-order valence-corrected chi connectivity index (χ3v) is 7.70. The van der Waals surface area contributed by atoms with Gasteiger partial charge in [0.15, 0.2) is 0 Å². The maximum Gasteiger partial charge on any atom is 0.220 e. The van der Waals surface area contributed by atoms with Crippen LogP contribution in [0.5, 0.6) is 0 Å². The van der Waals surface area contributed by atoms with Crippen molar-refractivity contribution >= 4 is 5.91 Å². The van der Waals surface area contributed by atoms with Crippen molar-refractivity contribution in [3.63, 3.8) is 0 Å². The van der Waals surface area contributed by atoms with E-state index in [2.05, 4.69) is 54.8 Å². The van der Waals surface area contributed by atoms with Gasteiger partial charge in [0.1, 0.15) is 0 Å². The summed E-state index contributed by atoms with van der Waals surface area (Å²) in [7, 11) is 0. The summed E-state index contributed by atoms with van der Waals surface area (Å²) >= 11 is 0. The van der Waals surface area contributed by atoms with Crippen molar-refractivity contribution in [3.8, 4) is 0 Å². The smallest absolute Gasteiger partial charge is 0.220 e. The topological polar surface area (TPSA) is 89.8 Å². The summed E-state index contributed by atoms with van der Waals surface area (Å²) in [5, 5.41) is 32.4. The predicted molar refractivity (Wildman–Crippen MR) is 185 cm³/mol. The minimum absolute atomic E-state index is 0.104. The second-order valence-electron chi connectivity index (χ2n) is 11.8. The van der Waals surface area contributed by atoms with Crippen LogP contribution in [0.1, 0.15) is 149 Å². The molecule has 0 saturated heterocycles. The minimum atomic E-state index is -0.692. The standard InChI is InChI=1S/C38H67NO4/c1-3-5-6-7-8-9-10-13-17-20-23-26-29-32-37(42)36(34-40)39-38(43)33-30-27-24-21-18-15-12-11-14-16-19-22-25-28-31-35(41)4-2/h12,14-16,21-22,24-25,28,31,35-37,40-42H,3-11,13,17-20,23,26-27,29-30,32-34H2,1-2H3,(H,39,43)/b15-12-,16-14-,24-21-,25-22-,31-28+/t35-,36+,37-/m1/s1. The van der Waals surface area contributed by atoms with Crippen molar-refractivity contribution in [1.29, 1.82) is 0 Å². The van der Waals surface area contributed by atoms with Crippen LogP contribution in [-0.4, -0.2) is 46.1 Å². The SMILES string of the molecule is CCCCCCCCCCCCCCC[C@@H](O)[C@H](CO)NC(=O)CCC/C=C\C/C=C\C/C=C\C/C=C\C=C\[C@H](O)CC. The minimum Gasteiger partial charge on any atom is -0.394 e. The van der Waals surface area contributed by atoms with Crippen LogP contribution < -0.4 is 5.32 Å². The first-order valence-electron chi connectivity index (χ1n) is 17.6. The molecule has 0 radical (unpaired) electrons. The molecule has 0 rings (SSSR count). The van der Waals surface area contributed by atoms with Gasteiger partial charge in [-0.2, -0.15) is 0 Å². The fourth-order valence-corrected chi connectivity index (χ4v) is 4.82. The van der Waals surface area contributed by atoms with Crippen molar-refractivity contribution in [3.05, 3.63) is 60.8 Å². The number of hydrogen-bond donors (Lipinski definition) is 4. The first-order chi connectivity index (χ1) is 21.0. The van der Waals surface area contributed by atoms with Gasteiger partial charge in [-0.3, -0.25) is 4.79 Å². The van der Waals surface area contributed by atoms with E-state index < -0.39 is 12.1 Å². The number of amides is 1. The monoisotopic (exact) mass is 602 g/mol. The second-order valence-corrected chi connectivity index (χ2v) is 11.8. The number of rotatable bonds is 30. The lowest BCUT2D eigenvalue weighted by atomic mass is 10.0. The molecule has 0 aliphatic carbocycles. The van der Waals surface area contributed by atoms with Crippen LogP contribution in [0.25, 0.3) is 0 Å². The molecule has 0 aromatic carbocycles. The van der Waals surface area contributed by atoms with E-state index >= 15 is 0 Å². The van der Waals surface area contributed by atoms with E-state index in [4.69, 9.17) is 0 Å². The largest absolute Gasteiger partial charge is 0.394 e. The molecule has 248 valence electrons. The van der Waals surface area contributed by atoms with Gasteiger partial charge < -0.3 is 20.6 Å². The van der Waals surface area contributed by atoms with Crippen molar-refractivity contribution in [2.45, 2.75) is 167 Å². The molecular weight excluding hydrogens is 534 g/mol. The normalized spacial score (nSPS) is 14.6. The quantitative estimate of drug-likeness (QED) is 0.0375. The van der Waals surface area contributed by atoms with Crippen LogP contribution in [0.2, 0.25) is 0 Å². The molecule has 0 spiro atoms. The summed E-state index contributed by atoms with van der Waals surface area (Å²) in [6, 6.07) is -0.577. The van der Waals surface area contributed by atoms with E-state index in [0.717, 1.165) is 51.4 Å². The van der Waals surface area contributed by atoms with E-state index in [1.165, 1.54) is 70.6 Å². The van der Waals surface area contributed by atoms with Crippen molar-refractivity contribution in [2.24, 2.45) is 0 Å². The highest BCUT2D eigenvalue weighted by Crippen LogP contribution is 2.14. The molecule has 0 aliphatic rings. The lowest BCUT2D eigenvalue weighted by molar-refractivity contribution is -0.123. The maximum absolute atomic E-state index is 12.3. The Morgan fingerprint density at radius 1 is 0.651 bits per heavy atom. The molecule has 0 saturated carbocycles. The van der Waals surface area contributed by atoms with Gasteiger partial charge in [0.25, 0.3) is 0 Å². The molecule has 1 amide bonds. The molecule has 0 aromatic rings. The Morgan fingerprint density at radius 3 is 1.70 bits per heavy atom. The highest BCUT2D eigenvalue weighted by molar-refractivity contribution is 5.76. The highest BCUT2D eigenvalue weighted by Gasteiger charge is 2.19. The van der Waals surface area contributed by atoms with Gasteiger partial charge in [-0.1, -0.05) is 158 Å². The van der Waals surface area contributed by atoms with Crippen molar-refractivity contribution < 1.29 is 20.1 Å². The number of aliphatic hydroxyl groups excluding tert-OH is 3. The molecule has 3 atom stereocenters. The van der Waals surface area contributed by atoms with Gasteiger partial charge in [0.2, 0.25) is 5.91 Å². The van der Waals surface area contributed by atoms with Gasteiger partial charge in [0.05, 0.1) is 24.9 Å². The van der Waals surface area contributed by atoms with Crippen molar-refractivity contribution in [1.82, 2.24) is 5.32 Å². The number of aliphatic hydroxyl groups is 3. The Hall–Kier alpha value is -1.95. The molecule has 0 fully saturated rings. The molecule has 5 nitrogen and oxygen atoms in total. The lowest BCUT2D eigenvalue weighted by Crippen LogP contribution is -2.45.